The summed E-state index contributed by atoms with van der Waals surface area (Å²) in [5, 5.41) is 3.16. The molecule has 0 aliphatic heterocycles. The minimum Gasteiger partial charge on any atom is -0.338 e. The first kappa shape index (κ1) is 24.4. The molecule has 2 amide bonds. The number of urea groups is 1. The van der Waals surface area contributed by atoms with Crippen LogP contribution < -0.4 is 5.32 Å². The molecule has 7 atom stereocenters. The second-order valence-corrected chi connectivity index (χ2v) is 12.5. The average molecular weight is 445 g/mol. The summed E-state index contributed by atoms with van der Waals surface area (Å²) in [6, 6.07) is 0.132. The van der Waals surface area contributed by atoms with Crippen LogP contribution in [0.15, 0.2) is 0 Å². The van der Waals surface area contributed by atoms with Crippen molar-refractivity contribution in [2.24, 2.45) is 40.4 Å². The van der Waals surface area contributed by atoms with Crippen molar-refractivity contribution < 1.29 is 4.79 Å². The molecule has 4 aliphatic rings. The zero-order valence-corrected chi connectivity index (χ0v) is 21.8. The first-order valence-corrected chi connectivity index (χ1v) is 14.5. The van der Waals surface area contributed by atoms with Crippen molar-refractivity contribution >= 4 is 6.03 Å². The van der Waals surface area contributed by atoms with Gasteiger partial charge < -0.3 is 10.2 Å². The zero-order chi connectivity index (χ0) is 22.8. The van der Waals surface area contributed by atoms with E-state index >= 15 is 0 Å². The Labute approximate surface area is 198 Å². The fourth-order valence-corrected chi connectivity index (χ4v) is 9.37. The largest absolute Gasteiger partial charge is 0.338 e. The number of hydrogen-bond donors (Lipinski definition) is 1. The van der Waals surface area contributed by atoms with Gasteiger partial charge >= 0.3 is 6.03 Å². The first-order valence-electron chi connectivity index (χ1n) is 14.5. The van der Waals surface area contributed by atoms with E-state index in [0.717, 1.165) is 62.1 Å². The summed E-state index contributed by atoms with van der Waals surface area (Å²) in [5.41, 5.74) is 1.27. The van der Waals surface area contributed by atoms with Gasteiger partial charge in [0, 0.05) is 19.6 Å². The Morgan fingerprint density at radius 2 is 1.72 bits per heavy atom. The van der Waals surface area contributed by atoms with Crippen LogP contribution in [0.3, 0.4) is 0 Å². The lowest BCUT2D eigenvalue weighted by atomic mass is 9.45. The number of hydrogen-bond acceptors (Lipinski definition) is 1. The maximum Gasteiger partial charge on any atom is 0.317 e. The van der Waals surface area contributed by atoms with Crippen LogP contribution in [0.2, 0.25) is 0 Å². The van der Waals surface area contributed by atoms with Crippen LogP contribution in [0.1, 0.15) is 118 Å². The van der Waals surface area contributed by atoms with Crippen molar-refractivity contribution in [1.82, 2.24) is 10.2 Å². The Balaban J connectivity index is 1.27. The summed E-state index contributed by atoms with van der Waals surface area (Å²) in [5.74, 6) is 5.01. The SMILES string of the molecule is CCCN(CC)C(=O)NCCCCC1CCC2[C@@H]3CCC4CCCCC4(C)C3CC[C@]12C. The Kier molecular flexibility index (Phi) is 7.82. The molecule has 4 saturated carbocycles. The van der Waals surface area contributed by atoms with Crippen LogP contribution in [0.5, 0.6) is 0 Å². The summed E-state index contributed by atoms with van der Waals surface area (Å²) in [6.45, 7) is 12.1. The van der Waals surface area contributed by atoms with E-state index in [9.17, 15) is 4.79 Å². The number of unbranched alkanes of at least 4 members (excludes halogenated alkanes) is 1. The lowest BCUT2D eigenvalue weighted by molar-refractivity contribution is -0.111. The van der Waals surface area contributed by atoms with Crippen LogP contribution in [-0.4, -0.2) is 30.6 Å². The molecule has 0 aromatic carbocycles. The van der Waals surface area contributed by atoms with Crippen molar-refractivity contribution in [2.75, 3.05) is 19.6 Å². The molecular weight excluding hydrogens is 392 g/mol. The molecule has 0 spiro atoms. The van der Waals surface area contributed by atoms with E-state index in [1.807, 2.05) is 4.90 Å². The summed E-state index contributed by atoms with van der Waals surface area (Å²) >= 11 is 0. The quantitative estimate of drug-likeness (QED) is 0.383. The molecule has 4 fully saturated rings. The van der Waals surface area contributed by atoms with Crippen molar-refractivity contribution in [1.29, 1.82) is 0 Å². The molecule has 32 heavy (non-hydrogen) atoms. The second-order valence-electron chi connectivity index (χ2n) is 12.5. The second kappa shape index (κ2) is 10.3. The van der Waals surface area contributed by atoms with Crippen LogP contribution in [0, 0.1) is 40.4 Å². The molecule has 0 bridgehead atoms. The normalized spacial score (nSPS) is 40.8. The van der Waals surface area contributed by atoms with Crippen molar-refractivity contribution in [3.8, 4) is 0 Å². The van der Waals surface area contributed by atoms with Crippen molar-refractivity contribution in [2.45, 2.75) is 118 Å². The fraction of sp³-hybridized carbons (Fsp3) is 0.966. The molecule has 0 aromatic rings. The van der Waals surface area contributed by atoms with Gasteiger partial charge in [-0.3, -0.25) is 0 Å². The molecule has 0 heterocycles. The lowest BCUT2D eigenvalue weighted by Crippen LogP contribution is -2.52. The average Bonchev–Trinajstić information content (AvgIpc) is 3.13. The summed E-state index contributed by atoms with van der Waals surface area (Å²) in [7, 11) is 0. The lowest BCUT2D eigenvalue weighted by Gasteiger charge is -2.60. The Morgan fingerprint density at radius 1 is 0.906 bits per heavy atom. The molecule has 0 aromatic heterocycles. The molecule has 4 rings (SSSR count). The number of carbonyl (C=O) groups is 1. The molecule has 5 unspecified atom stereocenters. The minimum atomic E-state index is 0.132. The van der Waals surface area contributed by atoms with Gasteiger partial charge in [-0.15, -0.1) is 0 Å². The number of amides is 2. The topological polar surface area (TPSA) is 32.3 Å². The van der Waals surface area contributed by atoms with Gasteiger partial charge in [0.05, 0.1) is 0 Å². The molecule has 3 heteroatoms. The van der Waals surface area contributed by atoms with E-state index in [0.29, 0.717) is 10.8 Å². The van der Waals surface area contributed by atoms with Gasteiger partial charge in [0.1, 0.15) is 0 Å². The fourth-order valence-electron chi connectivity index (χ4n) is 9.37. The molecule has 1 N–H and O–H groups in total. The van der Waals surface area contributed by atoms with Gasteiger partial charge in [0.25, 0.3) is 0 Å². The number of carbonyl (C=O) groups excluding carboxylic acids is 1. The summed E-state index contributed by atoms with van der Waals surface area (Å²) < 4.78 is 0. The van der Waals surface area contributed by atoms with Crippen molar-refractivity contribution in [3.05, 3.63) is 0 Å². The van der Waals surface area contributed by atoms with Gasteiger partial charge in [0.15, 0.2) is 0 Å². The van der Waals surface area contributed by atoms with Crippen LogP contribution in [0.4, 0.5) is 4.79 Å². The van der Waals surface area contributed by atoms with Crippen molar-refractivity contribution in [3.63, 3.8) is 0 Å². The summed E-state index contributed by atoms with van der Waals surface area (Å²) in [4.78, 5) is 14.2. The number of rotatable bonds is 8. The maximum atomic E-state index is 12.3. The maximum absolute atomic E-state index is 12.3. The molecule has 4 aliphatic carbocycles. The predicted octanol–water partition coefficient (Wildman–Crippen LogP) is 7.65. The van der Waals surface area contributed by atoms with E-state index in [-0.39, 0.29) is 6.03 Å². The Bertz CT molecular complexity index is 635. The highest BCUT2D eigenvalue weighted by molar-refractivity contribution is 5.74. The minimum absolute atomic E-state index is 0.132. The monoisotopic (exact) mass is 444 g/mol. The smallest absolute Gasteiger partial charge is 0.317 e. The van der Waals surface area contributed by atoms with Gasteiger partial charge in [-0.25, -0.2) is 4.79 Å². The van der Waals surface area contributed by atoms with Gasteiger partial charge in [0.2, 0.25) is 0 Å². The van der Waals surface area contributed by atoms with Gasteiger partial charge in [-0.2, -0.15) is 0 Å². The van der Waals surface area contributed by atoms with E-state index in [1.54, 1.807) is 0 Å². The molecule has 184 valence electrons. The van der Waals surface area contributed by atoms with Gasteiger partial charge in [-0.1, -0.05) is 40.0 Å². The number of nitrogens with one attached hydrogen (secondary N) is 1. The third kappa shape index (κ3) is 4.48. The molecular formula is C29H52N2O. The molecule has 0 saturated heterocycles. The van der Waals surface area contributed by atoms with E-state index in [1.165, 1.54) is 77.0 Å². The van der Waals surface area contributed by atoms with Crippen LogP contribution in [0.25, 0.3) is 0 Å². The third-order valence-corrected chi connectivity index (χ3v) is 11.2. The standard InChI is InChI=1S/C29H52N2O/c1-5-21-31(6-2)27(32)30-20-10-8-12-23-14-16-25-24-15-13-22-11-7-9-18-28(22,3)26(24)17-19-29(23,25)4/h22-26H,5-21H2,1-4H3,(H,30,32)/t22?,23?,24-,25?,26?,28?,29+/m0/s1. The number of nitrogens with zero attached hydrogens (tertiary/aromatic N) is 1. The highest BCUT2D eigenvalue weighted by atomic mass is 16.2. The predicted molar refractivity (Wildman–Crippen MR) is 135 cm³/mol. The summed E-state index contributed by atoms with van der Waals surface area (Å²) in [6.07, 6.45) is 19.9. The Morgan fingerprint density at radius 3 is 2.50 bits per heavy atom. The Hall–Kier alpha value is -0.730. The molecule has 0 radical (unpaired) electrons. The van der Waals surface area contributed by atoms with Crippen LogP contribution in [-0.2, 0) is 0 Å². The first-order chi connectivity index (χ1) is 15.4. The third-order valence-electron chi connectivity index (χ3n) is 11.2. The van der Waals surface area contributed by atoms with E-state index < -0.39 is 0 Å². The van der Waals surface area contributed by atoms with Gasteiger partial charge in [-0.05, 0) is 118 Å². The highest BCUT2D eigenvalue weighted by Gasteiger charge is 2.59. The highest BCUT2D eigenvalue weighted by Crippen LogP contribution is 2.67. The molecule has 3 nitrogen and oxygen atoms in total. The van der Waals surface area contributed by atoms with E-state index in [4.69, 9.17) is 0 Å². The van der Waals surface area contributed by atoms with Crippen LogP contribution >= 0.6 is 0 Å². The van der Waals surface area contributed by atoms with E-state index in [2.05, 4.69) is 33.0 Å². The number of fused-ring (bicyclic) bond motifs is 5. The zero-order valence-electron chi connectivity index (χ0n) is 21.8.